The molecule has 4 heteroatoms. The monoisotopic (exact) mass is 228 g/mol. The molecule has 1 aromatic rings. The minimum absolute atomic E-state index is 0.736. The number of rotatable bonds is 4. The molecule has 0 radical (unpaired) electrons. The first-order valence-electron chi connectivity index (χ1n) is 5.13. The van der Waals surface area contributed by atoms with E-state index in [1.807, 2.05) is 17.5 Å². The Kier molecular flexibility index (Phi) is 3.84. The molecule has 2 nitrogen and oxygen atoms in total. The van der Waals surface area contributed by atoms with Crippen LogP contribution in [0.25, 0.3) is 0 Å². The lowest BCUT2D eigenvalue weighted by molar-refractivity contribution is 0.773. The van der Waals surface area contributed by atoms with Gasteiger partial charge in [-0.05, 0) is 31.6 Å². The minimum Gasteiger partial charge on any atom is -0.330 e. The molecule has 0 spiro atoms. The Balaban J connectivity index is 1.88. The van der Waals surface area contributed by atoms with Crippen molar-refractivity contribution in [3.63, 3.8) is 0 Å². The molecular weight excluding hydrogens is 212 g/mol. The number of thiazole rings is 1. The van der Waals surface area contributed by atoms with E-state index >= 15 is 0 Å². The molecule has 2 N–H and O–H groups in total. The number of hydrogen-bond acceptors (Lipinski definition) is 4. The van der Waals surface area contributed by atoms with Crippen molar-refractivity contribution >= 4 is 23.1 Å². The largest absolute Gasteiger partial charge is 0.330 e. The molecule has 1 atom stereocenters. The van der Waals surface area contributed by atoms with Crippen molar-refractivity contribution in [1.29, 1.82) is 0 Å². The Bertz CT molecular complexity index is 279. The van der Waals surface area contributed by atoms with Gasteiger partial charge in [0.05, 0.1) is 5.01 Å². The van der Waals surface area contributed by atoms with Crippen molar-refractivity contribution in [1.82, 2.24) is 4.98 Å². The Morgan fingerprint density at radius 3 is 3.21 bits per heavy atom. The molecule has 1 aliphatic heterocycles. The van der Waals surface area contributed by atoms with E-state index in [1.165, 1.54) is 34.9 Å². The molecule has 2 rings (SSSR count). The van der Waals surface area contributed by atoms with Crippen LogP contribution >= 0.6 is 23.1 Å². The summed E-state index contributed by atoms with van der Waals surface area (Å²) in [4.78, 5) is 5.79. The topological polar surface area (TPSA) is 38.9 Å². The van der Waals surface area contributed by atoms with Crippen LogP contribution in [0.15, 0.2) is 6.20 Å². The van der Waals surface area contributed by atoms with E-state index < -0.39 is 0 Å². The molecule has 0 bridgehead atoms. The fourth-order valence-electron chi connectivity index (χ4n) is 1.70. The maximum absolute atomic E-state index is 5.51. The third-order valence-electron chi connectivity index (χ3n) is 2.42. The van der Waals surface area contributed by atoms with Gasteiger partial charge >= 0.3 is 0 Å². The highest BCUT2D eigenvalue weighted by Gasteiger charge is 2.17. The molecule has 0 saturated carbocycles. The summed E-state index contributed by atoms with van der Waals surface area (Å²) in [5.41, 5.74) is 5.51. The summed E-state index contributed by atoms with van der Waals surface area (Å²) < 4.78 is 0. The average molecular weight is 228 g/mol. The Hall–Kier alpha value is -0.0600. The molecular formula is C10H16N2S2. The van der Waals surface area contributed by atoms with E-state index in [-0.39, 0.29) is 0 Å². The number of nitrogens with two attached hydrogens (primary N) is 1. The van der Waals surface area contributed by atoms with Crippen molar-refractivity contribution in [2.24, 2.45) is 5.73 Å². The van der Waals surface area contributed by atoms with E-state index in [0.29, 0.717) is 0 Å². The third kappa shape index (κ3) is 2.72. The van der Waals surface area contributed by atoms with Gasteiger partial charge < -0.3 is 5.73 Å². The molecule has 1 aliphatic rings. The summed E-state index contributed by atoms with van der Waals surface area (Å²) in [7, 11) is 0. The lowest BCUT2D eigenvalue weighted by Crippen LogP contribution is -2.01. The molecule has 78 valence electrons. The lowest BCUT2D eigenvalue weighted by Gasteiger charge is -2.03. The Labute approximate surface area is 93.3 Å². The summed E-state index contributed by atoms with van der Waals surface area (Å²) in [5.74, 6) is 1.34. The first-order chi connectivity index (χ1) is 6.88. The maximum atomic E-state index is 5.51. The summed E-state index contributed by atoms with van der Waals surface area (Å²) >= 11 is 3.94. The summed E-state index contributed by atoms with van der Waals surface area (Å²) in [6.45, 7) is 0.736. The van der Waals surface area contributed by atoms with Gasteiger partial charge in [-0.25, -0.2) is 4.98 Å². The highest BCUT2D eigenvalue weighted by molar-refractivity contribution is 8.00. The molecule has 1 unspecified atom stereocenters. The maximum Gasteiger partial charge on any atom is 0.0938 e. The van der Waals surface area contributed by atoms with Crippen LogP contribution in [0.2, 0.25) is 0 Å². The first kappa shape index (κ1) is 10.5. The zero-order valence-electron chi connectivity index (χ0n) is 8.24. The third-order valence-corrected chi connectivity index (χ3v) is 4.90. The average Bonchev–Trinajstić information content (AvgIpc) is 2.79. The van der Waals surface area contributed by atoms with Crippen molar-refractivity contribution in [2.45, 2.75) is 30.9 Å². The fraction of sp³-hybridized carbons (Fsp3) is 0.700. The quantitative estimate of drug-likeness (QED) is 0.857. The van der Waals surface area contributed by atoms with Crippen LogP contribution in [0.1, 0.15) is 22.7 Å². The van der Waals surface area contributed by atoms with Gasteiger partial charge in [-0.2, -0.15) is 11.8 Å². The highest BCUT2D eigenvalue weighted by atomic mass is 32.2. The first-order valence-corrected chi connectivity index (χ1v) is 7.00. The van der Waals surface area contributed by atoms with E-state index in [9.17, 15) is 0 Å². The molecule has 0 aliphatic carbocycles. The number of aromatic nitrogens is 1. The molecule has 2 heterocycles. The molecule has 0 aromatic carbocycles. The highest BCUT2D eigenvalue weighted by Crippen LogP contribution is 2.30. The van der Waals surface area contributed by atoms with E-state index in [4.69, 9.17) is 5.73 Å². The summed E-state index contributed by atoms with van der Waals surface area (Å²) in [6, 6.07) is 0. The van der Waals surface area contributed by atoms with Crippen molar-refractivity contribution in [3.05, 3.63) is 16.1 Å². The van der Waals surface area contributed by atoms with Gasteiger partial charge in [0.15, 0.2) is 0 Å². The van der Waals surface area contributed by atoms with Crippen molar-refractivity contribution in [3.8, 4) is 0 Å². The van der Waals surface area contributed by atoms with E-state index in [0.717, 1.165) is 18.2 Å². The van der Waals surface area contributed by atoms with Gasteiger partial charge in [-0.15, -0.1) is 11.3 Å². The lowest BCUT2D eigenvalue weighted by atomic mass is 10.2. The van der Waals surface area contributed by atoms with Gasteiger partial charge in [0.25, 0.3) is 0 Å². The predicted molar refractivity (Wildman–Crippen MR) is 64.1 cm³/mol. The minimum atomic E-state index is 0.736. The standard InChI is InChI=1S/C10H16N2S2/c11-4-3-9-7-12-10(14-9)6-8-2-1-5-13-8/h7-8H,1-6,11H2. The van der Waals surface area contributed by atoms with Crippen LogP contribution in [-0.4, -0.2) is 22.5 Å². The molecule has 1 aromatic heterocycles. The second-order valence-corrected chi connectivity index (χ2v) is 6.21. The Morgan fingerprint density at radius 2 is 2.50 bits per heavy atom. The summed E-state index contributed by atoms with van der Waals surface area (Å²) in [6.07, 6.45) is 6.90. The normalized spacial score (nSPS) is 21.6. The Morgan fingerprint density at radius 1 is 1.57 bits per heavy atom. The van der Waals surface area contributed by atoms with Crippen LogP contribution in [0.5, 0.6) is 0 Å². The van der Waals surface area contributed by atoms with Gasteiger partial charge in [0.2, 0.25) is 0 Å². The van der Waals surface area contributed by atoms with Crippen LogP contribution in [0.4, 0.5) is 0 Å². The second-order valence-electron chi connectivity index (χ2n) is 3.60. The van der Waals surface area contributed by atoms with Crippen LogP contribution < -0.4 is 5.73 Å². The molecule has 1 saturated heterocycles. The van der Waals surface area contributed by atoms with Crippen molar-refractivity contribution < 1.29 is 0 Å². The van der Waals surface area contributed by atoms with Crippen LogP contribution in [0.3, 0.4) is 0 Å². The van der Waals surface area contributed by atoms with E-state index in [2.05, 4.69) is 16.7 Å². The number of thioether (sulfide) groups is 1. The van der Waals surface area contributed by atoms with Crippen LogP contribution in [-0.2, 0) is 12.8 Å². The second kappa shape index (κ2) is 5.14. The smallest absolute Gasteiger partial charge is 0.0938 e. The van der Waals surface area contributed by atoms with E-state index in [1.54, 1.807) is 0 Å². The molecule has 1 fully saturated rings. The van der Waals surface area contributed by atoms with Gasteiger partial charge in [0.1, 0.15) is 0 Å². The molecule has 14 heavy (non-hydrogen) atoms. The zero-order valence-corrected chi connectivity index (χ0v) is 9.87. The SMILES string of the molecule is NCCc1cnc(CC2CCCS2)s1. The molecule has 0 amide bonds. The van der Waals surface area contributed by atoms with Gasteiger partial charge in [0, 0.05) is 22.7 Å². The number of nitrogens with zero attached hydrogens (tertiary/aromatic N) is 1. The fourth-order valence-corrected chi connectivity index (χ4v) is 4.10. The predicted octanol–water partition coefficient (Wildman–Crippen LogP) is 2.08. The zero-order chi connectivity index (χ0) is 9.80. The summed E-state index contributed by atoms with van der Waals surface area (Å²) in [5, 5.41) is 2.12. The van der Waals surface area contributed by atoms with Crippen LogP contribution in [0, 0.1) is 0 Å². The van der Waals surface area contributed by atoms with Gasteiger partial charge in [-0.1, -0.05) is 0 Å². The van der Waals surface area contributed by atoms with Crippen molar-refractivity contribution in [2.75, 3.05) is 12.3 Å². The van der Waals surface area contributed by atoms with Gasteiger partial charge in [-0.3, -0.25) is 0 Å². The number of hydrogen-bond donors (Lipinski definition) is 1.